The fraction of sp³-hybridized carbons (Fsp3) is 0.538. The molecule has 194 valence electrons. The normalized spacial score (nSPS) is 19.7. The van der Waals surface area contributed by atoms with Crippen LogP contribution < -0.4 is 20.1 Å². The second-order valence-corrected chi connectivity index (χ2v) is 9.67. The van der Waals surface area contributed by atoms with Crippen LogP contribution in [0.3, 0.4) is 0 Å². The van der Waals surface area contributed by atoms with Gasteiger partial charge in [-0.15, -0.1) is 0 Å². The third-order valence-corrected chi connectivity index (χ3v) is 7.05. The predicted molar refractivity (Wildman–Crippen MR) is 134 cm³/mol. The van der Waals surface area contributed by atoms with E-state index in [1.54, 1.807) is 30.0 Å². The van der Waals surface area contributed by atoms with Crippen molar-refractivity contribution in [2.75, 3.05) is 26.1 Å². The molecule has 36 heavy (non-hydrogen) atoms. The van der Waals surface area contributed by atoms with Crippen LogP contribution in [0, 0.1) is 0 Å². The Kier molecular flexibility index (Phi) is 7.51. The molecule has 1 aliphatic carbocycles. The Morgan fingerprint density at radius 2 is 1.78 bits per heavy atom. The van der Waals surface area contributed by atoms with Crippen LogP contribution in [-0.4, -0.2) is 64.7 Å². The molecule has 3 amide bonds. The minimum Gasteiger partial charge on any atom is -0.497 e. The van der Waals surface area contributed by atoms with Gasteiger partial charge in [-0.25, -0.2) is 0 Å². The van der Waals surface area contributed by atoms with Crippen LogP contribution in [0.1, 0.15) is 73.3 Å². The molecule has 1 aromatic heterocycles. The van der Waals surface area contributed by atoms with Crippen LogP contribution in [0.15, 0.2) is 24.3 Å². The number of nitrogens with one attached hydrogen (secondary N) is 2. The number of hydrogen-bond acceptors (Lipinski definition) is 6. The maximum absolute atomic E-state index is 13.6. The van der Waals surface area contributed by atoms with Crippen LogP contribution in [0.2, 0.25) is 0 Å². The first-order valence-corrected chi connectivity index (χ1v) is 12.5. The van der Waals surface area contributed by atoms with E-state index < -0.39 is 11.4 Å². The van der Waals surface area contributed by atoms with Gasteiger partial charge in [-0.1, -0.05) is 26.2 Å². The first-order valence-electron chi connectivity index (χ1n) is 12.5. The van der Waals surface area contributed by atoms with Gasteiger partial charge in [0.2, 0.25) is 5.91 Å². The second kappa shape index (κ2) is 10.6. The minimum absolute atomic E-state index is 0.0935. The van der Waals surface area contributed by atoms with Crippen molar-refractivity contribution in [2.45, 2.75) is 70.5 Å². The van der Waals surface area contributed by atoms with Gasteiger partial charge in [-0.2, -0.15) is 5.10 Å². The zero-order chi connectivity index (χ0) is 25.9. The Morgan fingerprint density at radius 3 is 2.39 bits per heavy atom. The van der Waals surface area contributed by atoms with Crippen molar-refractivity contribution >= 4 is 23.4 Å². The van der Waals surface area contributed by atoms with Crippen molar-refractivity contribution in [3.63, 3.8) is 0 Å². The number of aromatic nitrogens is 2. The Morgan fingerprint density at radius 1 is 1.11 bits per heavy atom. The van der Waals surface area contributed by atoms with E-state index in [-0.39, 0.29) is 30.1 Å². The van der Waals surface area contributed by atoms with E-state index in [9.17, 15) is 14.4 Å². The zero-order valence-electron chi connectivity index (χ0n) is 21.4. The van der Waals surface area contributed by atoms with Crippen molar-refractivity contribution in [3.05, 3.63) is 35.7 Å². The third kappa shape index (κ3) is 5.03. The number of carbonyl (C=O) groups excluding carboxylic acids is 3. The van der Waals surface area contributed by atoms with Gasteiger partial charge in [0.15, 0.2) is 5.69 Å². The Hall–Kier alpha value is -3.56. The summed E-state index contributed by atoms with van der Waals surface area (Å²) in [5.41, 5.74) is -0.234. The second-order valence-electron chi connectivity index (χ2n) is 9.67. The van der Waals surface area contributed by atoms with Gasteiger partial charge in [-0.05, 0) is 26.2 Å². The lowest BCUT2D eigenvalue weighted by Crippen LogP contribution is -2.65. The molecule has 1 aromatic carbocycles. The molecular weight excluding hydrogens is 462 g/mol. The van der Waals surface area contributed by atoms with Gasteiger partial charge in [0.25, 0.3) is 11.8 Å². The van der Waals surface area contributed by atoms with E-state index in [2.05, 4.69) is 15.7 Å². The maximum Gasteiger partial charge on any atom is 0.276 e. The monoisotopic (exact) mass is 497 g/mol. The standard InChI is InChI=1S/C26H35N5O5/c1-5-6-11-30-24(33)22-15-21(23(32)27-18-12-19(35-3)14-20(13-18)36-4)29-31(22)16-26(30,2)25(34)28-17-9-7-8-10-17/h12-15,17H,5-11,16H2,1-4H3,(H,27,32)(H,28,34)/t26-/m1/s1. The van der Waals surface area contributed by atoms with Crippen molar-refractivity contribution in [3.8, 4) is 11.5 Å². The Balaban J connectivity index is 1.60. The number of methoxy groups -OCH3 is 2. The van der Waals surface area contributed by atoms with E-state index in [0.717, 1.165) is 38.5 Å². The van der Waals surface area contributed by atoms with E-state index in [1.165, 1.54) is 25.0 Å². The van der Waals surface area contributed by atoms with Gasteiger partial charge >= 0.3 is 0 Å². The van der Waals surface area contributed by atoms with Crippen molar-refractivity contribution < 1.29 is 23.9 Å². The number of amides is 3. The van der Waals surface area contributed by atoms with Crippen molar-refractivity contribution in [1.82, 2.24) is 20.0 Å². The first kappa shape index (κ1) is 25.5. The van der Waals surface area contributed by atoms with Gasteiger partial charge in [0.05, 0.1) is 20.8 Å². The molecule has 1 atom stereocenters. The number of nitrogens with zero attached hydrogens (tertiary/aromatic N) is 3. The fourth-order valence-corrected chi connectivity index (χ4v) is 4.90. The van der Waals surface area contributed by atoms with Gasteiger partial charge < -0.3 is 25.0 Å². The SMILES string of the molecule is CCCCN1C(=O)c2cc(C(=O)Nc3cc(OC)cc(OC)c3)nn2C[C@]1(C)C(=O)NC1CCCC1. The molecule has 2 aromatic rings. The number of ether oxygens (including phenoxy) is 2. The van der Waals surface area contributed by atoms with E-state index in [4.69, 9.17) is 9.47 Å². The molecular formula is C26H35N5O5. The topological polar surface area (TPSA) is 115 Å². The van der Waals surface area contributed by atoms with Crippen LogP contribution in [0.5, 0.6) is 11.5 Å². The molecule has 0 bridgehead atoms. The molecule has 10 nitrogen and oxygen atoms in total. The average molecular weight is 498 g/mol. The summed E-state index contributed by atoms with van der Waals surface area (Å²) < 4.78 is 12.0. The van der Waals surface area contributed by atoms with E-state index in [0.29, 0.717) is 29.4 Å². The summed E-state index contributed by atoms with van der Waals surface area (Å²) in [4.78, 5) is 41.7. The molecule has 1 saturated carbocycles. The lowest BCUT2D eigenvalue weighted by molar-refractivity contribution is -0.133. The Labute approximate surface area is 211 Å². The number of unbranched alkanes of at least 4 members (excludes halogenated alkanes) is 1. The summed E-state index contributed by atoms with van der Waals surface area (Å²) >= 11 is 0. The maximum atomic E-state index is 13.6. The summed E-state index contributed by atoms with van der Waals surface area (Å²) in [6, 6.07) is 6.66. The zero-order valence-corrected chi connectivity index (χ0v) is 21.4. The quantitative estimate of drug-likeness (QED) is 0.550. The minimum atomic E-state index is -1.10. The average Bonchev–Trinajstić information content (AvgIpc) is 3.53. The van der Waals surface area contributed by atoms with E-state index in [1.807, 2.05) is 6.92 Å². The van der Waals surface area contributed by atoms with Gasteiger partial charge in [0.1, 0.15) is 22.7 Å². The number of rotatable bonds is 9. The Bertz CT molecular complexity index is 1120. The summed E-state index contributed by atoms with van der Waals surface area (Å²) in [6.07, 6.45) is 5.77. The van der Waals surface area contributed by atoms with Crippen LogP contribution in [0.25, 0.3) is 0 Å². The molecule has 2 heterocycles. The molecule has 0 spiro atoms. The first-order chi connectivity index (χ1) is 17.3. The van der Waals surface area contributed by atoms with Crippen LogP contribution in [-0.2, 0) is 11.3 Å². The van der Waals surface area contributed by atoms with Gasteiger partial charge in [-0.3, -0.25) is 19.1 Å². The molecule has 2 N–H and O–H groups in total. The molecule has 1 aliphatic heterocycles. The lowest BCUT2D eigenvalue weighted by atomic mass is 9.94. The molecule has 10 heteroatoms. The van der Waals surface area contributed by atoms with Crippen LogP contribution in [0.4, 0.5) is 5.69 Å². The largest absolute Gasteiger partial charge is 0.497 e. The molecule has 0 saturated heterocycles. The van der Waals surface area contributed by atoms with E-state index >= 15 is 0 Å². The smallest absolute Gasteiger partial charge is 0.276 e. The molecule has 0 unspecified atom stereocenters. The predicted octanol–water partition coefficient (Wildman–Crippen LogP) is 3.23. The number of fused-ring (bicyclic) bond motifs is 1. The van der Waals surface area contributed by atoms with Crippen LogP contribution >= 0.6 is 0 Å². The summed E-state index contributed by atoms with van der Waals surface area (Å²) in [5.74, 6) is 0.110. The summed E-state index contributed by atoms with van der Waals surface area (Å²) in [6.45, 7) is 4.47. The number of anilines is 1. The van der Waals surface area contributed by atoms with Gasteiger partial charge in [0, 0.05) is 42.5 Å². The number of carbonyl (C=O) groups is 3. The third-order valence-electron chi connectivity index (χ3n) is 7.05. The molecule has 4 rings (SSSR count). The molecule has 0 radical (unpaired) electrons. The van der Waals surface area contributed by atoms with Crippen molar-refractivity contribution in [1.29, 1.82) is 0 Å². The number of benzene rings is 1. The summed E-state index contributed by atoms with van der Waals surface area (Å²) in [7, 11) is 3.05. The number of hydrogen-bond donors (Lipinski definition) is 2. The highest BCUT2D eigenvalue weighted by atomic mass is 16.5. The highest BCUT2D eigenvalue weighted by Gasteiger charge is 2.48. The lowest BCUT2D eigenvalue weighted by Gasteiger charge is -2.43. The fourth-order valence-electron chi connectivity index (χ4n) is 4.90. The highest BCUT2D eigenvalue weighted by Crippen LogP contribution is 2.30. The highest BCUT2D eigenvalue weighted by molar-refractivity contribution is 6.06. The summed E-state index contributed by atoms with van der Waals surface area (Å²) in [5, 5.41) is 10.4. The molecule has 1 fully saturated rings. The molecule has 2 aliphatic rings. The van der Waals surface area contributed by atoms with Crippen molar-refractivity contribution in [2.24, 2.45) is 0 Å².